The van der Waals surface area contributed by atoms with Gasteiger partial charge in [0.1, 0.15) is 5.75 Å². The molecular weight excluding hydrogens is 286 g/mol. The van der Waals surface area contributed by atoms with E-state index in [1.165, 1.54) is 0 Å². The number of nitrogens with zero attached hydrogens (tertiary/aromatic N) is 2. The summed E-state index contributed by atoms with van der Waals surface area (Å²) in [5, 5.41) is 14.6. The molecule has 1 amide bonds. The first-order valence-corrected chi connectivity index (χ1v) is 7.07. The molecular formula is C15H13N3O2S. The summed E-state index contributed by atoms with van der Waals surface area (Å²) in [6, 6.07) is 12.4. The van der Waals surface area contributed by atoms with Crippen LogP contribution in [0.2, 0.25) is 0 Å². The average Bonchev–Trinajstić information content (AvgIpc) is 3.05. The molecule has 0 atom stereocenters. The van der Waals surface area contributed by atoms with Crippen LogP contribution >= 0.6 is 11.3 Å². The van der Waals surface area contributed by atoms with E-state index >= 15 is 0 Å². The fourth-order valence-electron chi connectivity index (χ4n) is 1.49. The molecule has 0 radical (unpaired) electrons. The number of ether oxygens (including phenoxy) is 1. The Morgan fingerprint density at radius 2 is 2.14 bits per heavy atom. The van der Waals surface area contributed by atoms with Crippen LogP contribution in [0.5, 0.6) is 5.75 Å². The number of carbonyl (C=O) groups excluding carboxylic acids is 1. The molecule has 2 rings (SSSR count). The minimum absolute atomic E-state index is 0.132. The van der Waals surface area contributed by atoms with Crippen molar-refractivity contribution in [2.75, 3.05) is 6.61 Å². The zero-order valence-electron chi connectivity index (χ0n) is 11.4. The number of nitriles is 1. The summed E-state index contributed by atoms with van der Waals surface area (Å²) in [6.45, 7) is 1.70. The Morgan fingerprint density at radius 3 is 2.76 bits per heavy atom. The number of benzene rings is 1. The van der Waals surface area contributed by atoms with Crippen molar-refractivity contribution in [3.63, 3.8) is 0 Å². The van der Waals surface area contributed by atoms with E-state index in [1.54, 1.807) is 35.6 Å². The molecule has 1 heterocycles. The van der Waals surface area contributed by atoms with E-state index < -0.39 is 0 Å². The maximum atomic E-state index is 11.6. The van der Waals surface area contributed by atoms with Gasteiger partial charge in [-0.25, -0.2) is 5.43 Å². The lowest BCUT2D eigenvalue weighted by Gasteiger charge is -2.05. The molecule has 5 nitrogen and oxygen atoms in total. The van der Waals surface area contributed by atoms with Crippen LogP contribution in [-0.2, 0) is 4.79 Å². The maximum absolute atomic E-state index is 11.6. The number of hydrazone groups is 1. The number of nitrogens with one attached hydrogen (secondary N) is 1. The van der Waals surface area contributed by atoms with Crippen LogP contribution in [0.3, 0.4) is 0 Å². The largest absolute Gasteiger partial charge is 0.484 e. The van der Waals surface area contributed by atoms with E-state index in [-0.39, 0.29) is 12.5 Å². The number of amides is 1. The first kappa shape index (κ1) is 14.8. The topological polar surface area (TPSA) is 74.5 Å². The van der Waals surface area contributed by atoms with Crippen LogP contribution in [0.25, 0.3) is 0 Å². The molecule has 1 aromatic heterocycles. The van der Waals surface area contributed by atoms with Gasteiger partial charge in [-0.15, -0.1) is 11.3 Å². The Hall–Kier alpha value is -2.65. The summed E-state index contributed by atoms with van der Waals surface area (Å²) in [6.07, 6.45) is 0. The molecule has 0 aliphatic heterocycles. The first-order chi connectivity index (χ1) is 10.2. The van der Waals surface area contributed by atoms with Crippen LogP contribution in [0.1, 0.15) is 17.4 Å². The van der Waals surface area contributed by atoms with E-state index in [0.29, 0.717) is 11.3 Å². The first-order valence-electron chi connectivity index (χ1n) is 6.19. The lowest BCUT2D eigenvalue weighted by molar-refractivity contribution is -0.123. The van der Waals surface area contributed by atoms with Gasteiger partial charge < -0.3 is 4.74 Å². The third kappa shape index (κ3) is 4.44. The Labute approximate surface area is 126 Å². The van der Waals surface area contributed by atoms with Gasteiger partial charge in [0.05, 0.1) is 17.3 Å². The molecule has 6 heteroatoms. The molecule has 0 unspecified atom stereocenters. The molecule has 0 saturated heterocycles. The molecule has 2 aromatic rings. The zero-order chi connectivity index (χ0) is 15.1. The summed E-state index contributed by atoms with van der Waals surface area (Å²) in [7, 11) is 0. The number of thiophene rings is 1. The molecule has 0 spiro atoms. The zero-order valence-corrected chi connectivity index (χ0v) is 12.2. The van der Waals surface area contributed by atoms with Gasteiger partial charge in [0, 0.05) is 4.88 Å². The Balaban J connectivity index is 1.82. The van der Waals surface area contributed by atoms with E-state index in [2.05, 4.69) is 10.5 Å². The number of carbonyl (C=O) groups is 1. The molecule has 1 aromatic carbocycles. The fraction of sp³-hybridized carbons (Fsp3) is 0.133. The van der Waals surface area contributed by atoms with E-state index in [0.717, 1.165) is 10.6 Å². The number of hydrogen-bond donors (Lipinski definition) is 1. The summed E-state index contributed by atoms with van der Waals surface area (Å²) < 4.78 is 5.30. The Kier molecular flexibility index (Phi) is 5.07. The van der Waals surface area contributed by atoms with Crippen LogP contribution < -0.4 is 10.2 Å². The van der Waals surface area contributed by atoms with Gasteiger partial charge in [-0.3, -0.25) is 4.79 Å². The number of rotatable bonds is 5. The summed E-state index contributed by atoms with van der Waals surface area (Å²) in [5.74, 6) is 0.193. The lowest BCUT2D eigenvalue weighted by atomic mass is 10.2. The molecule has 21 heavy (non-hydrogen) atoms. The normalized spacial score (nSPS) is 10.8. The molecule has 0 saturated carbocycles. The van der Waals surface area contributed by atoms with Gasteiger partial charge in [-0.05, 0) is 42.6 Å². The van der Waals surface area contributed by atoms with Crippen molar-refractivity contribution in [2.24, 2.45) is 5.10 Å². The standard InChI is InChI=1S/C15H13N3O2S/c1-11(14-3-2-8-21-14)17-18-15(19)10-20-13-6-4-12(9-16)5-7-13/h2-8H,10H2,1H3,(H,18,19)/b17-11-. The van der Waals surface area contributed by atoms with Gasteiger partial charge in [0.25, 0.3) is 5.91 Å². The monoisotopic (exact) mass is 299 g/mol. The predicted molar refractivity (Wildman–Crippen MR) is 81.3 cm³/mol. The van der Waals surface area contributed by atoms with Crippen molar-refractivity contribution >= 4 is 23.0 Å². The van der Waals surface area contributed by atoms with Crippen LogP contribution in [0.4, 0.5) is 0 Å². The SMILES string of the molecule is C/C(=N/NC(=O)COc1ccc(C#N)cc1)c1cccs1. The number of hydrogen-bond acceptors (Lipinski definition) is 5. The highest BCUT2D eigenvalue weighted by Crippen LogP contribution is 2.11. The molecule has 0 fully saturated rings. The lowest BCUT2D eigenvalue weighted by Crippen LogP contribution is -2.25. The van der Waals surface area contributed by atoms with Gasteiger partial charge in [0.2, 0.25) is 0 Å². The summed E-state index contributed by atoms with van der Waals surface area (Å²) >= 11 is 1.56. The smallest absolute Gasteiger partial charge is 0.277 e. The van der Waals surface area contributed by atoms with Gasteiger partial charge in [0.15, 0.2) is 6.61 Å². The Morgan fingerprint density at radius 1 is 1.38 bits per heavy atom. The van der Waals surface area contributed by atoms with Crippen LogP contribution in [0, 0.1) is 11.3 Å². The van der Waals surface area contributed by atoms with Crippen molar-refractivity contribution in [3.8, 4) is 11.8 Å². The quantitative estimate of drug-likeness (QED) is 0.681. The second-order valence-corrected chi connectivity index (χ2v) is 5.08. The van der Waals surface area contributed by atoms with E-state index in [1.807, 2.05) is 30.5 Å². The maximum Gasteiger partial charge on any atom is 0.277 e. The summed E-state index contributed by atoms with van der Waals surface area (Å²) in [5.41, 5.74) is 3.73. The fourth-order valence-corrected chi connectivity index (χ4v) is 2.17. The Bertz CT molecular complexity index is 670. The van der Waals surface area contributed by atoms with E-state index in [9.17, 15) is 4.79 Å². The third-order valence-electron chi connectivity index (χ3n) is 2.58. The van der Waals surface area contributed by atoms with Gasteiger partial charge in [-0.1, -0.05) is 6.07 Å². The van der Waals surface area contributed by atoms with Crippen molar-refractivity contribution in [1.82, 2.24) is 5.43 Å². The van der Waals surface area contributed by atoms with E-state index in [4.69, 9.17) is 10.00 Å². The van der Waals surface area contributed by atoms with Crippen LogP contribution in [0.15, 0.2) is 46.9 Å². The highest BCUT2D eigenvalue weighted by molar-refractivity contribution is 7.12. The minimum Gasteiger partial charge on any atom is -0.484 e. The van der Waals surface area contributed by atoms with Crippen molar-refractivity contribution in [1.29, 1.82) is 5.26 Å². The molecule has 0 aliphatic rings. The average molecular weight is 299 g/mol. The highest BCUT2D eigenvalue weighted by atomic mass is 32.1. The van der Waals surface area contributed by atoms with Crippen LogP contribution in [-0.4, -0.2) is 18.2 Å². The highest BCUT2D eigenvalue weighted by Gasteiger charge is 2.03. The van der Waals surface area contributed by atoms with Gasteiger partial charge in [-0.2, -0.15) is 10.4 Å². The minimum atomic E-state index is -0.338. The molecule has 106 valence electrons. The second kappa shape index (κ2) is 7.22. The molecule has 1 N–H and O–H groups in total. The van der Waals surface area contributed by atoms with Crippen molar-refractivity contribution < 1.29 is 9.53 Å². The van der Waals surface area contributed by atoms with Crippen molar-refractivity contribution in [2.45, 2.75) is 6.92 Å². The molecule has 0 bridgehead atoms. The summed E-state index contributed by atoms with van der Waals surface area (Å²) in [4.78, 5) is 12.6. The van der Waals surface area contributed by atoms with Crippen molar-refractivity contribution in [3.05, 3.63) is 52.2 Å². The molecule has 0 aliphatic carbocycles. The second-order valence-electron chi connectivity index (χ2n) is 4.13. The third-order valence-corrected chi connectivity index (χ3v) is 3.56. The predicted octanol–water partition coefficient (Wildman–Crippen LogP) is 2.54. The van der Waals surface area contributed by atoms with Gasteiger partial charge >= 0.3 is 0 Å².